The lowest BCUT2D eigenvalue weighted by Crippen LogP contribution is -2.60. The molecule has 2 atom stereocenters. The first-order chi connectivity index (χ1) is 9.61. The molecule has 1 aromatic rings. The van der Waals surface area contributed by atoms with Crippen molar-refractivity contribution in [3.63, 3.8) is 0 Å². The van der Waals surface area contributed by atoms with E-state index in [-0.39, 0.29) is 5.60 Å². The molecule has 2 nitrogen and oxygen atoms in total. The Morgan fingerprint density at radius 1 is 1.10 bits per heavy atom. The highest BCUT2D eigenvalue weighted by atomic mass is 35.5. The Bertz CT molecular complexity index is 484. The summed E-state index contributed by atoms with van der Waals surface area (Å²) in [6, 6.07) is 8.70. The maximum absolute atomic E-state index is 10.6. The van der Waals surface area contributed by atoms with Crippen LogP contribution in [0.5, 0.6) is 0 Å². The van der Waals surface area contributed by atoms with Crippen molar-refractivity contribution in [2.75, 3.05) is 0 Å². The molecule has 5 rings (SSSR count). The molecular formula is C17H22ClNO. The molecule has 2 unspecified atom stereocenters. The minimum absolute atomic E-state index is 0.324. The van der Waals surface area contributed by atoms with Crippen molar-refractivity contribution in [3.8, 4) is 0 Å². The Morgan fingerprint density at radius 2 is 1.75 bits per heavy atom. The van der Waals surface area contributed by atoms with E-state index in [1.54, 1.807) is 0 Å². The van der Waals surface area contributed by atoms with Crippen LogP contribution in [0.15, 0.2) is 24.3 Å². The Hall–Kier alpha value is -0.570. The first-order valence-electron chi connectivity index (χ1n) is 7.81. The molecule has 0 spiro atoms. The molecule has 4 saturated carbocycles. The molecule has 108 valence electrons. The number of aliphatic hydroxyl groups is 1. The first kappa shape index (κ1) is 13.1. The second-order valence-corrected chi connectivity index (χ2v) is 7.66. The fraction of sp³-hybridized carbons (Fsp3) is 0.647. The van der Waals surface area contributed by atoms with Crippen LogP contribution in [0.4, 0.5) is 0 Å². The number of rotatable bonds is 3. The van der Waals surface area contributed by atoms with Crippen LogP contribution in [0, 0.1) is 17.8 Å². The van der Waals surface area contributed by atoms with Crippen molar-refractivity contribution in [1.82, 2.24) is 5.32 Å². The van der Waals surface area contributed by atoms with Gasteiger partial charge in [-0.05, 0) is 67.6 Å². The molecule has 4 aliphatic carbocycles. The smallest absolute Gasteiger partial charge is 0.0657 e. The number of hydrogen-bond donors (Lipinski definition) is 2. The summed E-state index contributed by atoms with van der Waals surface area (Å²) >= 11 is 5.93. The number of benzene rings is 1. The van der Waals surface area contributed by atoms with Gasteiger partial charge in [0.15, 0.2) is 0 Å². The van der Waals surface area contributed by atoms with Gasteiger partial charge < -0.3 is 10.4 Å². The third-order valence-corrected chi connectivity index (χ3v) is 5.95. The molecule has 0 saturated heterocycles. The molecule has 0 radical (unpaired) electrons. The minimum Gasteiger partial charge on any atom is -0.390 e. The highest BCUT2D eigenvalue weighted by molar-refractivity contribution is 6.30. The zero-order chi connectivity index (χ0) is 13.7. The van der Waals surface area contributed by atoms with E-state index in [1.807, 2.05) is 12.1 Å². The van der Waals surface area contributed by atoms with Gasteiger partial charge in [-0.2, -0.15) is 0 Å². The maximum Gasteiger partial charge on any atom is 0.0657 e. The van der Waals surface area contributed by atoms with E-state index >= 15 is 0 Å². The summed E-state index contributed by atoms with van der Waals surface area (Å²) < 4.78 is 0. The lowest BCUT2D eigenvalue weighted by molar-refractivity contribution is -0.138. The predicted octanol–water partition coefficient (Wildman–Crippen LogP) is 3.37. The van der Waals surface area contributed by atoms with Gasteiger partial charge in [0.05, 0.1) is 5.60 Å². The van der Waals surface area contributed by atoms with E-state index in [9.17, 15) is 5.11 Å². The Balaban J connectivity index is 1.44. The average Bonchev–Trinajstić information content (AvgIpc) is 2.38. The third-order valence-electron chi connectivity index (χ3n) is 5.70. The average molecular weight is 292 g/mol. The lowest BCUT2D eigenvalue weighted by atomic mass is 9.52. The normalized spacial score (nSPS) is 42.1. The molecule has 4 fully saturated rings. The molecule has 3 heteroatoms. The predicted molar refractivity (Wildman–Crippen MR) is 80.6 cm³/mol. The van der Waals surface area contributed by atoms with Crippen molar-refractivity contribution in [2.24, 2.45) is 17.8 Å². The largest absolute Gasteiger partial charge is 0.390 e. The highest BCUT2D eigenvalue weighted by Crippen LogP contribution is 2.55. The molecule has 0 amide bonds. The maximum atomic E-state index is 10.6. The lowest BCUT2D eigenvalue weighted by Gasteiger charge is -2.58. The van der Waals surface area contributed by atoms with Crippen LogP contribution in [0.25, 0.3) is 0 Å². The Morgan fingerprint density at radius 3 is 2.35 bits per heavy atom. The fourth-order valence-corrected chi connectivity index (χ4v) is 5.28. The van der Waals surface area contributed by atoms with E-state index in [0.717, 1.165) is 36.7 Å². The van der Waals surface area contributed by atoms with Crippen molar-refractivity contribution in [3.05, 3.63) is 34.9 Å². The van der Waals surface area contributed by atoms with Crippen LogP contribution < -0.4 is 5.32 Å². The van der Waals surface area contributed by atoms with Gasteiger partial charge in [-0.15, -0.1) is 0 Å². The summed E-state index contributed by atoms with van der Waals surface area (Å²) in [6.07, 6.45) is 5.72. The van der Waals surface area contributed by atoms with E-state index in [4.69, 9.17) is 11.6 Å². The van der Waals surface area contributed by atoms with Gasteiger partial charge in [0, 0.05) is 17.6 Å². The van der Waals surface area contributed by atoms with Crippen molar-refractivity contribution < 1.29 is 5.11 Å². The van der Waals surface area contributed by atoms with Crippen molar-refractivity contribution >= 4 is 11.6 Å². The summed E-state index contributed by atoms with van der Waals surface area (Å²) in [5, 5.41) is 15.2. The van der Waals surface area contributed by atoms with E-state index in [0.29, 0.717) is 17.9 Å². The second kappa shape index (κ2) is 4.72. The van der Waals surface area contributed by atoms with Gasteiger partial charge in [-0.1, -0.05) is 23.7 Å². The highest BCUT2D eigenvalue weighted by Gasteiger charge is 2.54. The quantitative estimate of drug-likeness (QED) is 0.895. The molecule has 0 heterocycles. The molecule has 2 N–H and O–H groups in total. The second-order valence-electron chi connectivity index (χ2n) is 7.23. The van der Waals surface area contributed by atoms with Gasteiger partial charge in [0.2, 0.25) is 0 Å². The van der Waals surface area contributed by atoms with Gasteiger partial charge >= 0.3 is 0 Å². The zero-order valence-corrected chi connectivity index (χ0v) is 12.4. The zero-order valence-electron chi connectivity index (χ0n) is 11.7. The van der Waals surface area contributed by atoms with Crippen LogP contribution in [0.1, 0.15) is 37.7 Å². The molecular weight excluding hydrogens is 270 g/mol. The summed E-state index contributed by atoms with van der Waals surface area (Å²) in [5.41, 5.74) is 0.969. The molecule has 0 aromatic heterocycles. The van der Waals surface area contributed by atoms with Gasteiger partial charge in [-0.3, -0.25) is 0 Å². The summed E-state index contributed by atoms with van der Waals surface area (Å²) in [6.45, 7) is 0.915. The van der Waals surface area contributed by atoms with E-state index in [1.165, 1.54) is 18.4 Å². The standard InChI is InChI=1S/C17H22ClNO/c18-15-3-1-11(2-4-15)10-19-16-13-5-12-6-14(16)9-17(20,7-12)8-13/h1-4,12-14,16,19-20H,5-10H2. The first-order valence-corrected chi connectivity index (χ1v) is 8.19. The van der Waals surface area contributed by atoms with Crippen LogP contribution in [0.3, 0.4) is 0 Å². The van der Waals surface area contributed by atoms with E-state index < -0.39 is 0 Å². The van der Waals surface area contributed by atoms with Crippen LogP contribution in [-0.2, 0) is 6.54 Å². The SMILES string of the molecule is OC12CC3CC(C1)C(NCc1ccc(Cl)cc1)C(C3)C2. The van der Waals surface area contributed by atoms with Gasteiger partial charge in [0.25, 0.3) is 0 Å². The topological polar surface area (TPSA) is 32.3 Å². The van der Waals surface area contributed by atoms with Crippen LogP contribution in [0.2, 0.25) is 5.02 Å². The van der Waals surface area contributed by atoms with E-state index in [2.05, 4.69) is 17.4 Å². The Labute approximate surface area is 125 Å². The van der Waals surface area contributed by atoms with Crippen LogP contribution in [-0.4, -0.2) is 16.7 Å². The Kier molecular flexibility index (Phi) is 3.10. The molecule has 0 aliphatic heterocycles. The summed E-state index contributed by atoms with van der Waals surface area (Å²) in [5.74, 6) is 2.14. The number of nitrogens with one attached hydrogen (secondary N) is 1. The van der Waals surface area contributed by atoms with Crippen molar-refractivity contribution in [1.29, 1.82) is 0 Å². The monoisotopic (exact) mass is 291 g/mol. The fourth-order valence-electron chi connectivity index (χ4n) is 5.15. The molecule has 4 aliphatic rings. The molecule has 20 heavy (non-hydrogen) atoms. The minimum atomic E-state index is -0.324. The summed E-state index contributed by atoms with van der Waals surface area (Å²) in [4.78, 5) is 0. The van der Waals surface area contributed by atoms with Crippen molar-refractivity contribution in [2.45, 2.75) is 50.3 Å². The van der Waals surface area contributed by atoms with Gasteiger partial charge in [-0.25, -0.2) is 0 Å². The number of hydrogen-bond acceptors (Lipinski definition) is 2. The molecule has 1 aromatic carbocycles. The molecule has 4 bridgehead atoms. The summed E-state index contributed by atoms with van der Waals surface area (Å²) in [7, 11) is 0. The van der Waals surface area contributed by atoms with Gasteiger partial charge in [0.1, 0.15) is 0 Å². The number of halogens is 1. The van der Waals surface area contributed by atoms with Crippen LogP contribution >= 0.6 is 11.6 Å². The third kappa shape index (κ3) is 2.28.